The maximum Gasteiger partial charge on any atom is 0.354 e. The normalized spacial score (nSPS) is 10.2. The zero-order valence-corrected chi connectivity index (χ0v) is 66.6. The van der Waals surface area contributed by atoms with Crippen LogP contribution in [0, 0.1) is 117 Å². The van der Waals surface area contributed by atoms with Gasteiger partial charge in [0.05, 0.1) is 31.6 Å². The van der Waals surface area contributed by atoms with E-state index in [1.54, 1.807) is 103 Å². The molecule has 3 radical (unpaired) electrons. The van der Waals surface area contributed by atoms with Crippen molar-refractivity contribution >= 4 is 17.5 Å². The molecule has 0 bridgehead atoms. The van der Waals surface area contributed by atoms with Crippen molar-refractivity contribution in [3.63, 3.8) is 0 Å². The molecule has 16 nitrogen and oxygen atoms in total. The summed E-state index contributed by atoms with van der Waals surface area (Å²) in [7, 11) is 1.76. The molecule has 13 rings (SSSR count). The van der Waals surface area contributed by atoms with Gasteiger partial charge in [0, 0.05) is 184 Å². The summed E-state index contributed by atoms with van der Waals surface area (Å²) in [6, 6.07) is 47.4. The van der Waals surface area contributed by atoms with Crippen molar-refractivity contribution in [1.29, 1.82) is 0 Å². The monoisotopic (exact) mass is 2070 g/mol. The number of carbonyl (C=O) groups is 3. The van der Waals surface area contributed by atoms with E-state index in [0.717, 1.165) is 72.8 Å². The average molecular weight is 2070 g/mol. The second-order valence-corrected chi connectivity index (χ2v) is 24.1. The van der Waals surface area contributed by atoms with Gasteiger partial charge in [-0.25, -0.2) is 9.78 Å². The molecule has 111 heavy (non-hydrogen) atoms. The van der Waals surface area contributed by atoms with E-state index in [-0.39, 0.29) is 131 Å². The molecular weight excluding hydrogens is 2000 g/mol. The van der Waals surface area contributed by atoms with Crippen LogP contribution < -0.4 is 14.5 Å². The molecule has 0 aliphatic carbocycles. The fourth-order valence-corrected chi connectivity index (χ4v) is 8.31. The number of Topliss-reactive ketones (excluding diaryl/α,β-unsaturated/α-hetero) is 2. The van der Waals surface area contributed by atoms with E-state index in [2.05, 4.69) is 66.5 Å². The molecule has 3 N–H and O–H groups in total. The van der Waals surface area contributed by atoms with Crippen LogP contribution in [0.5, 0.6) is 0 Å². The summed E-state index contributed by atoms with van der Waals surface area (Å²) in [6.07, 6.45) is 15.5. The summed E-state index contributed by atoms with van der Waals surface area (Å²) in [5.41, 5.74) is 2.42. The maximum absolute atomic E-state index is 13.4. The molecule has 13 aromatic rings. The molecule has 0 aliphatic rings. The number of rotatable bonds is 11. The van der Waals surface area contributed by atoms with E-state index in [4.69, 9.17) is 15.3 Å². The Balaban J connectivity index is 0.000000329. The van der Waals surface area contributed by atoms with E-state index >= 15 is 0 Å². The summed E-state index contributed by atoms with van der Waals surface area (Å²) in [5, 5.41) is 33.8. The summed E-state index contributed by atoms with van der Waals surface area (Å²) in [6.45, 7) is 10.7. The summed E-state index contributed by atoms with van der Waals surface area (Å²) >= 11 is 0. The number of benzene rings is 6. The Morgan fingerprint density at radius 2 is 0.874 bits per heavy atom. The number of aliphatic hydroxyl groups excluding tert-OH is 2. The number of halogens is 12. The van der Waals surface area contributed by atoms with Gasteiger partial charge in [-0.3, -0.25) is 71.6 Å². The molecule has 31 heteroatoms. The average Bonchev–Trinajstić information content (AvgIpc) is 1.78. The minimum atomic E-state index is -0.990. The first kappa shape index (κ1) is 94.6. The minimum absolute atomic E-state index is 0. The van der Waals surface area contributed by atoms with Crippen molar-refractivity contribution < 1.29 is 152 Å². The summed E-state index contributed by atoms with van der Waals surface area (Å²) in [4.78, 5) is 48.6. The number of carbonyl (C=O) groups excluding carboxylic acids is 2. The SMILES string of the molecule is CC(C)(C)C(=O)CC(=O)C(C)(C)C.C[n+]1cccn1-c1[c-]cc(F)cc1F.Fc1c[c-]c(-[n+]2ccc[n-]2)c(F)c1.Fc1c[c-]c(-c2ccccn2)c(F)c1.Fc1c[c-]c(-n2cccn2)c(F)c1.O=C(O)c1ccccn1.OCc1ccnc(-c2[c-]cc(F)cc2F)c1.OCc1ccnc(-c2[c-]cc(F)cc2F)c1.[Ir].[Ir].[Ir]. The number of aromatic nitrogens is 10. The molecule has 6 aromatic carbocycles. The number of pyridine rings is 4. The standard InChI is InChI=1S/2C12H8F2NO.C11H6F2N.C11H20O2.C10H8F2N2.2C9H5F2N2.C6H5NO2.3Ir/c2*13-9-1-2-10(11(14)6-9)12-5-8(7-16)3-4-15-12;12-8-4-5-9(10(13)7-8)11-3-1-2-6-14-11;1-10(2,3)8(12)7-9(13)11(4,5)6;1-13-5-2-6-14(13)10-4-3-8(11)7-9(10)12;2*10-7-2-3-9(8(11)6-7)13-5-1-4-12-13;8-6(9)5-3-1-2-4-7-5;;;/h2*1,3-6,16H,7H2;1-4,6-7H;7H2,1-6H3;2-3,5-7H,1H3;2*1-2,4-6H;1-4H,(H,8,9);;;/q3*-1;;;2*-1;;;;. The first-order valence-corrected chi connectivity index (χ1v) is 31.7. The quantitative estimate of drug-likeness (QED) is 0.0478. The van der Waals surface area contributed by atoms with Gasteiger partial charge in [0.1, 0.15) is 22.9 Å². The third-order valence-corrected chi connectivity index (χ3v) is 14.0. The molecule has 0 saturated carbocycles. The minimum Gasteiger partial charge on any atom is -0.477 e. The van der Waals surface area contributed by atoms with Crippen LogP contribution in [0.1, 0.15) is 69.6 Å². The van der Waals surface area contributed by atoms with E-state index in [0.29, 0.717) is 28.2 Å². The number of aromatic carboxylic acids is 1. The third kappa shape index (κ3) is 30.6. The van der Waals surface area contributed by atoms with Crippen LogP contribution >= 0.6 is 0 Å². The van der Waals surface area contributed by atoms with E-state index < -0.39 is 86.6 Å². The fraction of sp³-hybridized carbons (Fsp3) is 0.150. The molecule has 0 aliphatic heterocycles. The number of hydrogen-bond acceptors (Lipinski definition) is 10. The second kappa shape index (κ2) is 46.1. The van der Waals surface area contributed by atoms with Gasteiger partial charge >= 0.3 is 5.97 Å². The Hall–Kier alpha value is -10.6. The van der Waals surface area contributed by atoms with Gasteiger partial charge in [0.15, 0.2) is 19.4 Å². The van der Waals surface area contributed by atoms with Crippen LogP contribution in [0.3, 0.4) is 0 Å². The zero-order chi connectivity index (χ0) is 79.3. The van der Waals surface area contributed by atoms with Crippen LogP contribution in [0.15, 0.2) is 214 Å². The van der Waals surface area contributed by atoms with Gasteiger partial charge in [-0.2, -0.15) is 15.8 Å². The number of carboxylic acid groups (broad SMARTS) is 1. The predicted molar refractivity (Wildman–Crippen MR) is 370 cm³/mol. The molecule has 587 valence electrons. The smallest absolute Gasteiger partial charge is 0.354 e. The second-order valence-electron chi connectivity index (χ2n) is 24.1. The van der Waals surface area contributed by atoms with Gasteiger partial charge in [-0.15, -0.1) is 89.7 Å². The van der Waals surface area contributed by atoms with Crippen LogP contribution in [-0.2, 0) is 90.2 Å². The third-order valence-electron chi connectivity index (χ3n) is 14.0. The van der Waals surface area contributed by atoms with Crippen molar-refractivity contribution in [3.05, 3.63) is 337 Å². The van der Waals surface area contributed by atoms with Gasteiger partial charge in [0.2, 0.25) is 0 Å². The molecule has 0 spiro atoms. The number of nitrogens with zero attached hydrogens (tertiary/aromatic N) is 10. The maximum atomic E-state index is 13.4. The first-order chi connectivity index (χ1) is 51.3. The number of aliphatic hydroxyl groups is 2. The van der Waals surface area contributed by atoms with E-state index in [9.17, 15) is 67.1 Å². The Bertz CT molecular complexity index is 4860. The Morgan fingerprint density at radius 1 is 0.450 bits per heavy atom. The number of ketones is 2. The fourth-order valence-electron chi connectivity index (χ4n) is 8.31. The molecular formula is C80H65F12Ir3N10O6-5. The Labute approximate surface area is 671 Å². The number of carboxylic acids is 1. The predicted octanol–water partition coefficient (Wildman–Crippen LogP) is 15.2. The van der Waals surface area contributed by atoms with Crippen molar-refractivity contribution in [2.24, 2.45) is 17.9 Å². The summed E-state index contributed by atoms with van der Waals surface area (Å²) < 4.78 is 161. The van der Waals surface area contributed by atoms with Crippen LogP contribution in [0.25, 0.3) is 50.8 Å². The van der Waals surface area contributed by atoms with Crippen LogP contribution in [0.2, 0.25) is 0 Å². The van der Waals surface area contributed by atoms with E-state index in [1.807, 2.05) is 41.5 Å². The van der Waals surface area contributed by atoms with Gasteiger partial charge < -0.3 is 35.4 Å². The Morgan fingerprint density at radius 3 is 1.23 bits per heavy atom. The molecule has 0 saturated heterocycles. The number of aryl methyl sites for hydroxylation is 1. The van der Waals surface area contributed by atoms with Gasteiger partial charge in [-0.1, -0.05) is 113 Å². The van der Waals surface area contributed by atoms with Crippen LogP contribution in [0.4, 0.5) is 52.7 Å². The molecule has 0 amide bonds. The largest absolute Gasteiger partial charge is 0.477 e. The zero-order valence-electron chi connectivity index (χ0n) is 59.4. The van der Waals surface area contributed by atoms with Crippen molar-refractivity contribution in [1.82, 2.24) is 39.5 Å². The molecule has 7 aromatic heterocycles. The molecule has 0 unspecified atom stereocenters. The Kier molecular flexibility index (Phi) is 39.3. The topological polar surface area (TPSA) is 208 Å². The number of hydrogen-bond donors (Lipinski definition) is 3. The van der Waals surface area contributed by atoms with Crippen molar-refractivity contribution in [2.45, 2.75) is 61.2 Å². The molecule has 7 heterocycles. The van der Waals surface area contributed by atoms with Crippen LogP contribution in [-0.4, -0.2) is 67.3 Å². The van der Waals surface area contributed by atoms with Crippen molar-refractivity contribution in [3.8, 4) is 50.8 Å². The van der Waals surface area contributed by atoms with Gasteiger partial charge in [-0.05, 0) is 76.4 Å². The first-order valence-electron chi connectivity index (χ1n) is 31.7. The molecule has 0 fully saturated rings. The summed E-state index contributed by atoms with van der Waals surface area (Å²) in [5.74, 6) is -8.93. The molecule has 0 atom stereocenters. The van der Waals surface area contributed by atoms with Crippen molar-refractivity contribution in [2.75, 3.05) is 0 Å². The van der Waals surface area contributed by atoms with Gasteiger partial charge in [0.25, 0.3) is 0 Å². The van der Waals surface area contributed by atoms with E-state index in [1.165, 1.54) is 63.2 Å².